The van der Waals surface area contributed by atoms with Crippen molar-refractivity contribution in [1.82, 2.24) is 0 Å². The Morgan fingerprint density at radius 2 is 1.53 bits per heavy atom. The average Bonchev–Trinajstić information content (AvgIpc) is 3.08. The fourth-order valence-corrected chi connectivity index (χ4v) is 2.80. The van der Waals surface area contributed by atoms with Gasteiger partial charge in [0.1, 0.15) is 11.2 Å². The van der Waals surface area contributed by atoms with Crippen molar-refractivity contribution < 1.29 is 9.84 Å². The molecule has 1 aliphatic heterocycles. The molecule has 1 aliphatic rings. The first-order valence-electron chi connectivity index (χ1n) is 6.61. The van der Waals surface area contributed by atoms with E-state index < -0.39 is 11.2 Å². The highest BCUT2D eigenvalue weighted by Crippen LogP contribution is 2.57. The van der Waals surface area contributed by atoms with E-state index in [0.717, 1.165) is 12.0 Å². The smallest absolute Gasteiger partial charge is 0.129 e. The maximum atomic E-state index is 9.62. The minimum Gasteiger partial charge on any atom is -0.393 e. The van der Waals surface area contributed by atoms with Gasteiger partial charge in [0.15, 0.2) is 0 Å². The van der Waals surface area contributed by atoms with E-state index in [1.165, 1.54) is 5.56 Å². The molecule has 0 spiro atoms. The Morgan fingerprint density at radius 3 is 2.05 bits per heavy atom. The SMILES string of the molecule is C[C@]1(CO)O[C@]1(Cc1ccccc1)c1ccccc1. The third kappa shape index (κ3) is 1.97. The lowest BCUT2D eigenvalue weighted by molar-refractivity contribution is 0.182. The molecular weight excluding hydrogens is 236 g/mol. The van der Waals surface area contributed by atoms with Crippen LogP contribution in [0.2, 0.25) is 0 Å². The summed E-state index contributed by atoms with van der Waals surface area (Å²) in [5.41, 5.74) is 1.48. The molecule has 2 heteroatoms. The lowest BCUT2D eigenvalue weighted by Crippen LogP contribution is -2.27. The Kier molecular flexibility index (Phi) is 2.92. The van der Waals surface area contributed by atoms with Crippen LogP contribution in [0.1, 0.15) is 18.1 Å². The molecule has 2 atom stereocenters. The molecule has 0 aliphatic carbocycles. The molecule has 1 fully saturated rings. The third-order valence-electron chi connectivity index (χ3n) is 4.05. The first-order chi connectivity index (χ1) is 9.20. The largest absolute Gasteiger partial charge is 0.393 e. The summed E-state index contributed by atoms with van der Waals surface area (Å²) in [4.78, 5) is 0. The van der Waals surface area contributed by atoms with E-state index in [0.29, 0.717) is 0 Å². The number of hydrogen-bond donors (Lipinski definition) is 1. The summed E-state index contributed by atoms with van der Waals surface area (Å²) < 4.78 is 5.98. The Bertz CT molecular complexity index is 552. The third-order valence-corrected chi connectivity index (χ3v) is 4.05. The number of rotatable bonds is 4. The van der Waals surface area contributed by atoms with Crippen molar-refractivity contribution in [2.75, 3.05) is 6.61 Å². The fourth-order valence-electron chi connectivity index (χ4n) is 2.80. The van der Waals surface area contributed by atoms with E-state index >= 15 is 0 Å². The standard InChI is InChI=1S/C17H18O2/c1-16(13-18)17(19-16,15-10-6-3-7-11-15)12-14-8-4-2-5-9-14/h2-11,18H,12-13H2,1H3/t16-,17-/m1/s1. The molecule has 0 saturated carbocycles. The first-order valence-corrected chi connectivity index (χ1v) is 6.61. The van der Waals surface area contributed by atoms with Gasteiger partial charge in [0, 0.05) is 6.42 Å². The van der Waals surface area contributed by atoms with Crippen molar-refractivity contribution >= 4 is 0 Å². The number of aliphatic hydroxyl groups is 1. The highest BCUT2D eigenvalue weighted by Gasteiger charge is 2.67. The molecule has 0 radical (unpaired) electrons. The van der Waals surface area contributed by atoms with Gasteiger partial charge < -0.3 is 9.84 Å². The maximum Gasteiger partial charge on any atom is 0.129 e. The Balaban J connectivity index is 1.97. The van der Waals surface area contributed by atoms with Crippen molar-refractivity contribution in [1.29, 1.82) is 0 Å². The zero-order chi connectivity index (χ0) is 13.3. The molecule has 1 saturated heterocycles. The fraction of sp³-hybridized carbons (Fsp3) is 0.294. The number of epoxide rings is 1. The van der Waals surface area contributed by atoms with Gasteiger partial charge in [0.05, 0.1) is 6.61 Å². The zero-order valence-corrected chi connectivity index (χ0v) is 11.0. The van der Waals surface area contributed by atoms with Crippen molar-refractivity contribution in [2.24, 2.45) is 0 Å². The van der Waals surface area contributed by atoms with Crippen LogP contribution >= 0.6 is 0 Å². The minimum atomic E-state index is -0.482. The Labute approximate surface area is 113 Å². The van der Waals surface area contributed by atoms with Crippen molar-refractivity contribution in [2.45, 2.75) is 24.5 Å². The molecule has 2 nitrogen and oxygen atoms in total. The molecule has 0 amide bonds. The predicted molar refractivity (Wildman–Crippen MR) is 74.8 cm³/mol. The van der Waals surface area contributed by atoms with E-state index in [9.17, 15) is 5.11 Å². The molecule has 1 heterocycles. The molecule has 1 N–H and O–H groups in total. The van der Waals surface area contributed by atoms with Gasteiger partial charge in [-0.2, -0.15) is 0 Å². The van der Waals surface area contributed by atoms with Crippen molar-refractivity contribution in [3.05, 3.63) is 71.8 Å². The predicted octanol–water partition coefficient (Wildman–Crippen LogP) is 2.91. The zero-order valence-electron chi connectivity index (χ0n) is 11.0. The Hall–Kier alpha value is -1.64. The van der Waals surface area contributed by atoms with E-state index in [1.54, 1.807) is 0 Å². The average molecular weight is 254 g/mol. The van der Waals surface area contributed by atoms with Crippen LogP contribution in [-0.2, 0) is 16.8 Å². The Morgan fingerprint density at radius 1 is 0.947 bits per heavy atom. The second-order valence-corrected chi connectivity index (χ2v) is 5.35. The van der Waals surface area contributed by atoms with Crippen LogP contribution in [0.4, 0.5) is 0 Å². The molecular formula is C17H18O2. The topological polar surface area (TPSA) is 32.8 Å². The first kappa shape index (κ1) is 12.4. The lowest BCUT2D eigenvalue weighted by Gasteiger charge is -2.17. The van der Waals surface area contributed by atoms with Crippen LogP contribution < -0.4 is 0 Å². The summed E-state index contributed by atoms with van der Waals surface area (Å²) in [5.74, 6) is 0. The highest BCUT2D eigenvalue weighted by molar-refractivity contribution is 5.36. The van der Waals surface area contributed by atoms with Gasteiger partial charge in [-0.15, -0.1) is 0 Å². The van der Waals surface area contributed by atoms with Crippen LogP contribution in [0.25, 0.3) is 0 Å². The number of aliphatic hydroxyl groups excluding tert-OH is 1. The van der Waals surface area contributed by atoms with E-state index in [1.807, 2.05) is 43.3 Å². The number of ether oxygens (including phenoxy) is 1. The van der Waals surface area contributed by atoms with Gasteiger partial charge in [-0.1, -0.05) is 60.7 Å². The molecule has 2 aromatic carbocycles. The molecule has 0 aromatic heterocycles. The molecule has 0 unspecified atom stereocenters. The summed E-state index contributed by atoms with van der Waals surface area (Å²) in [6, 6.07) is 20.5. The lowest BCUT2D eigenvalue weighted by atomic mass is 9.83. The normalized spacial score (nSPS) is 29.2. The van der Waals surface area contributed by atoms with Crippen LogP contribution in [-0.4, -0.2) is 17.3 Å². The molecule has 98 valence electrons. The molecule has 2 aromatic rings. The minimum absolute atomic E-state index is 0.0364. The maximum absolute atomic E-state index is 9.62. The van der Waals surface area contributed by atoms with Crippen molar-refractivity contribution in [3.63, 3.8) is 0 Å². The van der Waals surface area contributed by atoms with Crippen LogP contribution in [0.3, 0.4) is 0 Å². The highest BCUT2D eigenvalue weighted by atomic mass is 16.6. The van der Waals surface area contributed by atoms with Gasteiger partial charge in [-0.05, 0) is 18.1 Å². The van der Waals surface area contributed by atoms with Gasteiger partial charge >= 0.3 is 0 Å². The van der Waals surface area contributed by atoms with Gasteiger partial charge in [-0.3, -0.25) is 0 Å². The summed E-state index contributed by atoms with van der Waals surface area (Å²) >= 11 is 0. The van der Waals surface area contributed by atoms with Crippen LogP contribution in [0.15, 0.2) is 60.7 Å². The summed E-state index contributed by atoms with van der Waals surface area (Å²) in [6.07, 6.45) is 0.787. The summed E-state index contributed by atoms with van der Waals surface area (Å²) in [5, 5.41) is 9.62. The monoisotopic (exact) mass is 254 g/mol. The summed E-state index contributed by atoms with van der Waals surface area (Å²) in [6.45, 7) is 2.01. The quantitative estimate of drug-likeness (QED) is 0.851. The molecule has 0 bridgehead atoms. The van der Waals surface area contributed by atoms with Crippen LogP contribution in [0, 0.1) is 0 Å². The van der Waals surface area contributed by atoms with E-state index in [-0.39, 0.29) is 6.61 Å². The second kappa shape index (κ2) is 4.48. The summed E-state index contributed by atoms with van der Waals surface area (Å²) in [7, 11) is 0. The van der Waals surface area contributed by atoms with E-state index in [2.05, 4.69) is 24.3 Å². The molecule has 19 heavy (non-hydrogen) atoms. The van der Waals surface area contributed by atoms with Gasteiger partial charge in [-0.25, -0.2) is 0 Å². The van der Waals surface area contributed by atoms with Crippen LogP contribution in [0.5, 0.6) is 0 Å². The van der Waals surface area contributed by atoms with E-state index in [4.69, 9.17) is 4.74 Å². The van der Waals surface area contributed by atoms with Gasteiger partial charge in [0.25, 0.3) is 0 Å². The number of hydrogen-bond acceptors (Lipinski definition) is 2. The molecule has 3 rings (SSSR count). The number of benzene rings is 2. The van der Waals surface area contributed by atoms with Gasteiger partial charge in [0.2, 0.25) is 0 Å². The second-order valence-electron chi connectivity index (χ2n) is 5.35. The van der Waals surface area contributed by atoms with Crippen molar-refractivity contribution in [3.8, 4) is 0 Å².